The highest BCUT2D eigenvalue weighted by Crippen LogP contribution is 2.33. The fourth-order valence-corrected chi connectivity index (χ4v) is 6.06. The summed E-state index contributed by atoms with van der Waals surface area (Å²) in [6.07, 6.45) is 6.82. The first-order valence-corrected chi connectivity index (χ1v) is 12.4. The van der Waals surface area contributed by atoms with Gasteiger partial charge in [-0.1, -0.05) is 36.3 Å². The van der Waals surface area contributed by atoms with Crippen LogP contribution < -0.4 is 0 Å². The van der Waals surface area contributed by atoms with Crippen molar-refractivity contribution in [1.82, 2.24) is 24.8 Å². The van der Waals surface area contributed by atoms with E-state index in [9.17, 15) is 9.59 Å². The minimum absolute atomic E-state index is 0.0220. The van der Waals surface area contributed by atoms with Gasteiger partial charge in [-0.25, -0.2) is 9.48 Å². The number of amides is 1. The zero-order valence-corrected chi connectivity index (χ0v) is 19.7. The number of benzene rings is 1. The zero-order chi connectivity index (χ0) is 22.8. The Morgan fingerprint density at radius 2 is 1.94 bits per heavy atom. The number of ether oxygens (including phenoxy) is 1. The molecule has 0 unspecified atom stereocenters. The Kier molecular flexibility index (Phi) is 6.41. The molecular formula is C24H29N5O3S. The number of rotatable bonds is 5. The van der Waals surface area contributed by atoms with E-state index < -0.39 is 5.97 Å². The minimum atomic E-state index is -0.501. The van der Waals surface area contributed by atoms with Crippen molar-refractivity contribution in [2.24, 2.45) is 0 Å². The van der Waals surface area contributed by atoms with Gasteiger partial charge < -0.3 is 9.64 Å². The predicted octanol–water partition coefficient (Wildman–Crippen LogP) is 3.50. The van der Waals surface area contributed by atoms with E-state index in [0.717, 1.165) is 32.5 Å². The summed E-state index contributed by atoms with van der Waals surface area (Å²) < 4.78 is 7.75. The third kappa shape index (κ3) is 4.65. The van der Waals surface area contributed by atoms with Gasteiger partial charge in [-0.3, -0.25) is 9.69 Å². The third-order valence-electron chi connectivity index (χ3n) is 6.70. The number of fused-ring (bicyclic) bond motifs is 1. The quantitative estimate of drug-likeness (QED) is 0.535. The topological polar surface area (TPSA) is 80.6 Å². The molecule has 2 atom stereocenters. The second-order valence-electron chi connectivity index (χ2n) is 8.90. The Morgan fingerprint density at radius 3 is 2.70 bits per heavy atom. The highest BCUT2D eigenvalue weighted by atomic mass is 32.1. The van der Waals surface area contributed by atoms with Crippen LogP contribution in [-0.2, 0) is 16.1 Å². The molecule has 0 radical (unpaired) electrons. The first kappa shape index (κ1) is 22.0. The van der Waals surface area contributed by atoms with Crippen molar-refractivity contribution >= 4 is 33.3 Å². The molecule has 3 aromatic rings. The molecule has 5 rings (SSSR count). The van der Waals surface area contributed by atoms with Crippen molar-refractivity contribution in [2.45, 2.75) is 50.7 Å². The normalized spacial score (nSPS) is 21.9. The number of thiophene rings is 1. The van der Waals surface area contributed by atoms with Crippen LogP contribution in [0.3, 0.4) is 0 Å². The Labute approximate surface area is 197 Å². The van der Waals surface area contributed by atoms with E-state index in [1.807, 2.05) is 0 Å². The molecule has 2 aromatic heterocycles. The number of hydrogen-bond acceptors (Lipinski definition) is 7. The molecule has 2 saturated heterocycles. The summed E-state index contributed by atoms with van der Waals surface area (Å²) in [5, 5.41) is 9.39. The smallest absolute Gasteiger partial charge is 0.360 e. The summed E-state index contributed by atoms with van der Waals surface area (Å²) in [5.41, 5.74) is 0.191. The summed E-state index contributed by atoms with van der Waals surface area (Å²) in [4.78, 5) is 31.1. The average Bonchev–Trinajstić information content (AvgIpc) is 3.52. The molecule has 2 aliphatic rings. The Bertz CT molecular complexity index is 1100. The van der Waals surface area contributed by atoms with Gasteiger partial charge in [0.05, 0.1) is 25.4 Å². The fourth-order valence-electron chi connectivity index (χ4n) is 4.97. The molecule has 0 saturated carbocycles. The molecule has 0 aliphatic carbocycles. The summed E-state index contributed by atoms with van der Waals surface area (Å²) >= 11 is 1.78. The van der Waals surface area contributed by atoms with Gasteiger partial charge in [-0.15, -0.1) is 16.4 Å². The summed E-state index contributed by atoms with van der Waals surface area (Å²) in [6.45, 7) is 3.08. The van der Waals surface area contributed by atoms with E-state index in [4.69, 9.17) is 4.74 Å². The lowest BCUT2D eigenvalue weighted by Crippen LogP contribution is -2.45. The van der Waals surface area contributed by atoms with Gasteiger partial charge in [-0.2, -0.15) is 0 Å². The number of methoxy groups -OCH3 is 1. The van der Waals surface area contributed by atoms with Gasteiger partial charge in [0.2, 0.25) is 5.91 Å². The van der Waals surface area contributed by atoms with E-state index in [1.54, 1.807) is 22.2 Å². The SMILES string of the molecule is COC(=O)c1cn([C@@H]2C[C@@H](C(=O)N3CCCCCC3)N(Cc3cc4ccccc4s3)C2)nn1. The number of hydrogen-bond donors (Lipinski definition) is 0. The second kappa shape index (κ2) is 9.61. The van der Waals surface area contributed by atoms with E-state index in [1.165, 1.54) is 34.9 Å². The van der Waals surface area contributed by atoms with Crippen LogP contribution in [0.1, 0.15) is 53.5 Å². The zero-order valence-electron chi connectivity index (χ0n) is 18.9. The van der Waals surface area contributed by atoms with Crippen LogP contribution in [0.4, 0.5) is 0 Å². The summed E-state index contributed by atoms with van der Waals surface area (Å²) in [6, 6.07) is 10.4. The highest BCUT2D eigenvalue weighted by molar-refractivity contribution is 7.19. The molecule has 0 N–H and O–H groups in total. The third-order valence-corrected chi connectivity index (χ3v) is 7.80. The van der Waals surface area contributed by atoms with E-state index in [-0.39, 0.29) is 23.7 Å². The Balaban J connectivity index is 1.39. The first-order valence-electron chi connectivity index (χ1n) is 11.6. The average molecular weight is 468 g/mol. The van der Waals surface area contributed by atoms with Crippen LogP contribution in [0.2, 0.25) is 0 Å². The lowest BCUT2D eigenvalue weighted by Gasteiger charge is -2.29. The van der Waals surface area contributed by atoms with Crippen molar-refractivity contribution in [3.05, 3.63) is 47.1 Å². The number of carbonyl (C=O) groups excluding carboxylic acids is 2. The number of esters is 1. The van der Waals surface area contributed by atoms with Crippen LogP contribution in [0.5, 0.6) is 0 Å². The first-order chi connectivity index (χ1) is 16.1. The number of aromatic nitrogens is 3. The lowest BCUT2D eigenvalue weighted by molar-refractivity contribution is -0.136. The molecule has 1 aromatic carbocycles. The number of likely N-dealkylation sites (tertiary alicyclic amines) is 2. The summed E-state index contributed by atoms with van der Waals surface area (Å²) in [7, 11) is 1.33. The van der Waals surface area contributed by atoms with Crippen molar-refractivity contribution < 1.29 is 14.3 Å². The minimum Gasteiger partial charge on any atom is -0.464 e. The highest BCUT2D eigenvalue weighted by Gasteiger charge is 2.40. The maximum absolute atomic E-state index is 13.6. The Hall–Kier alpha value is -2.78. The maximum atomic E-state index is 13.6. The van der Waals surface area contributed by atoms with E-state index in [0.29, 0.717) is 13.0 Å². The predicted molar refractivity (Wildman–Crippen MR) is 126 cm³/mol. The number of carbonyl (C=O) groups is 2. The van der Waals surface area contributed by atoms with Crippen LogP contribution in [0.15, 0.2) is 36.5 Å². The number of nitrogens with zero attached hydrogens (tertiary/aromatic N) is 5. The van der Waals surface area contributed by atoms with Crippen LogP contribution in [0, 0.1) is 0 Å². The molecular weight excluding hydrogens is 438 g/mol. The van der Waals surface area contributed by atoms with Crippen LogP contribution >= 0.6 is 11.3 Å². The van der Waals surface area contributed by atoms with Crippen molar-refractivity contribution in [2.75, 3.05) is 26.7 Å². The lowest BCUT2D eigenvalue weighted by atomic mass is 10.1. The van der Waals surface area contributed by atoms with Gasteiger partial charge in [0.25, 0.3) is 0 Å². The molecule has 8 nitrogen and oxygen atoms in total. The molecule has 33 heavy (non-hydrogen) atoms. The van der Waals surface area contributed by atoms with Crippen LogP contribution in [-0.4, -0.2) is 69.5 Å². The molecule has 9 heteroatoms. The Morgan fingerprint density at radius 1 is 1.15 bits per heavy atom. The van der Waals surface area contributed by atoms with E-state index in [2.05, 4.69) is 50.4 Å². The van der Waals surface area contributed by atoms with Gasteiger partial charge in [0.1, 0.15) is 0 Å². The van der Waals surface area contributed by atoms with Gasteiger partial charge >= 0.3 is 5.97 Å². The standard InChI is InChI=1S/C24H29N5O3S/c1-32-24(31)20-16-29(26-25-20)18-13-21(23(30)27-10-6-2-3-7-11-27)28(14-18)15-19-12-17-8-4-5-9-22(17)33-19/h4-5,8-9,12,16,18,21H,2-3,6-7,10-11,13-15H2,1H3/t18-,21+/m1/s1. The van der Waals surface area contributed by atoms with Gasteiger partial charge in [0, 0.05) is 35.8 Å². The second-order valence-corrected chi connectivity index (χ2v) is 10.1. The monoisotopic (exact) mass is 467 g/mol. The van der Waals surface area contributed by atoms with Crippen molar-refractivity contribution in [3.63, 3.8) is 0 Å². The molecule has 174 valence electrons. The molecule has 2 aliphatic heterocycles. The molecule has 4 heterocycles. The van der Waals surface area contributed by atoms with Crippen LogP contribution in [0.25, 0.3) is 10.1 Å². The summed E-state index contributed by atoms with van der Waals surface area (Å²) in [5.74, 6) is -0.285. The van der Waals surface area contributed by atoms with E-state index >= 15 is 0 Å². The molecule has 2 fully saturated rings. The van der Waals surface area contributed by atoms with Gasteiger partial charge in [0.15, 0.2) is 5.69 Å². The maximum Gasteiger partial charge on any atom is 0.360 e. The molecule has 0 bridgehead atoms. The molecule has 1 amide bonds. The molecule has 0 spiro atoms. The van der Waals surface area contributed by atoms with Crippen molar-refractivity contribution in [3.8, 4) is 0 Å². The van der Waals surface area contributed by atoms with Crippen molar-refractivity contribution in [1.29, 1.82) is 0 Å². The largest absolute Gasteiger partial charge is 0.464 e. The fraction of sp³-hybridized carbons (Fsp3) is 0.500. The van der Waals surface area contributed by atoms with Gasteiger partial charge in [-0.05, 0) is 36.8 Å².